The predicted octanol–water partition coefficient (Wildman–Crippen LogP) is 1.74. The van der Waals surface area contributed by atoms with Crippen molar-refractivity contribution in [3.05, 3.63) is 29.8 Å². The van der Waals surface area contributed by atoms with E-state index in [0.717, 1.165) is 0 Å². The number of nitrogens with one attached hydrogen (secondary N) is 1. The largest absolute Gasteiger partial charge is 0.508 e. The highest BCUT2D eigenvalue weighted by Crippen LogP contribution is 2.10. The number of esters is 1. The number of hydrogen-bond donors (Lipinski definition) is 2. The Kier molecular flexibility index (Phi) is 5.41. The first kappa shape index (κ1) is 13.4. The Morgan fingerprint density at radius 2 is 1.93 bits per heavy atom. The van der Waals surface area contributed by atoms with E-state index in [2.05, 4.69) is 4.74 Å². The molecule has 0 bridgehead atoms. The second kappa shape index (κ2) is 6.03. The van der Waals surface area contributed by atoms with Gasteiger partial charge in [-0.2, -0.15) is 0 Å². The fourth-order valence-corrected chi connectivity index (χ4v) is 0.949. The molecular formula is C10H12ClNO3. The quantitative estimate of drug-likeness (QED) is 0.613. The zero-order chi connectivity index (χ0) is 10.6. The number of benzene rings is 1. The normalized spacial score (nSPS) is 8.87. The number of halogens is 1. The third kappa shape index (κ3) is 3.59. The molecule has 4 nitrogen and oxygen atoms in total. The van der Waals surface area contributed by atoms with Crippen LogP contribution in [-0.2, 0) is 9.53 Å². The van der Waals surface area contributed by atoms with Crippen LogP contribution < -0.4 is 0 Å². The molecule has 0 spiro atoms. The molecule has 1 rings (SSSR count). The molecule has 0 unspecified atom stereocenters. The van der Waals surface area contributed by atoms with E-state index in [1.54, 1.807) is 6.92 Å². The Bertz CT molecular complexity index is 348. The van der Waals surface area contributed by atoms with Crippen molar-refractivity contribution in [2.24, 2.45) is 0 Å². The molecule has 15 heavy (non-hydrogen) atoms. The van der Waals surface area contributed by atoms with E-state index in [9.17, 15) is 4.79 Å². The van der Waals surface area contributed by atoms with Crippen LogP contribution in [0, 0.1) is 5.41 Å². The first-order valence-electron chi connectivity index (χ1n) is 4.20. The summed E-state index contributed by atoms with van der Waals surface area (Å²) in [4.78, 5) is 11.1. The number of phenolic OH excluding ortho intramolecular Hbond substituents is 1. The average Bonchev–Trinajstić information content (AvgIpc) is 2.18. The molecular weight excluding hydrogens is 218 g/mol. The van der Waals surface area contributed by atoms with Crippen molar-refractivity contribution < 1.29 is 14.6 Å². The van der Waals surface area contributed by atoms with Crippen molar-refractivity contribution in [2.75, 3.05) is 6.61 Å². The zero-order valence-corrected chi connectivity index (χ0v) is 9.00. The van der Waals surface area contributed by atoms with Crippen molar-refractivity contribution in [1.82, 2.24) is 0 Å². The van der Waals surface area contributed by atoms with Crippen molar-refractivity contribution in [2.45, 2.75) is 6.92 Å². The lowest BCUT2D eigenvalue weighted by molar-refractivity contribution is -0.135. The third-order valence-corrected chi connectivity index (χ3v) is 1.64. The van der Waals surface area contributed by atoms with Gasteiger partial charge >= 0.3 is 5.97 Å². The summed E-state index contributed by atoms with van der Waals surface area (Å²) < 4.78 is 4.66. The molecule has 0 atom stereocenters. The van der Waals surface area contributed by atoms with E-state index < -0.39 is 5.97 Å². The van der Waals surface area contributed by atoms with E-state index in [1.807, 2.05) is 0 Å². The van der Waals surface area contributed by atoms with E-state index in [1.165, 1.54) is 24.3 Å². The average molecular weight is 230 g/mol. The van der Waals surface area contributed by atoms with Crippen LogP contribution in [0.25, 0.3) is 0 Å². The van der Waals surface area contributed by atoms with Crippen LogP contribution >= 0.6 is 12.4 Å². The van der Waals surface area contributed by atoms with Gasteiger partial charge in [0.2, 0.25) is 0 Å². The Morgan fingerprint density at radius 3 is 2.40 bits per heavy atom. The van der Waals surface area contributed by atoms with E-state index in [0.29, 0.717) is 5.56 Å². The van der Waals surface area contributed by atoms with Crippen LogP contribution in [0.15, 0.2) is 24.3 Å². The second-order valence-electron chi connectivity index (χ2n) is 2.64. The number of hydrogen-bond acceptors (Lipinski definition) is 4. The van der Waals surface area contributed by atoms with Crippen molar-refractivity contribution in [3.8, 4) is 5.75 Å². The monoisotopic (exact) mass is 229 g/mol. The molecule has 0 aliphatic carbocycles. The summed E-state index contributed by atoms with van der Waals surface area (Å²) in [7, 11) is 0. The summed E-state index contributed by atoms with van der Waals surface area (Å²) in [6, 6.07) is 5.83. The number of aromatic hydroxyl groups is 1. The van der Waals surface area contributed by atoms with Gasteiger partial charge in [-0.05, 0) is 31.2 Å². The maximum absolute atomic E-state index is 11.1. The van der Waals surface area contributed by atoms with Crippen LogP contribution in [0.5, 0.6) is 5.75 Å². The fourth-order valence-electron chi connectivity index (χ4n) is 0.949. The van der Waals surface area contributed by atoms with Crippen LogP contribution in [0.4, 0.5) is 0 Å². The summed E-state index contributed by atoms with van der Waals surface area (Å²) in [6.45, 7) is 1.93. The van der Waals surface area contributed by atoms with Gasteiger partial charge in [0.15, 0.2) is 0 Å². The fraction of sp³-hybridized carbons (Fsp3) is 0.200. The third-order valence-electron chi connectivity index (χ3n) is 1.64. The molecule has 0 saturated carbocycles. The molecule has 0 saturated heterocycles. The highest BCUT2D eigenvalue weighted by Gasteiger charge is 2.12. The highest BCUT2D eigenvalue weighted by molar-refractivity contribution is 6.41. The van der Waals surface area contributed by atoms with Crippen molar-refractivity contribution in [1.29, 1.82) is 5.41 Å². The van der Waals surface area contributed by atoms with Gasteiger partial charge in [-0.3, -0.25) is 5.41 Å². The maximum atomic E-state index is 11.1. The minimum absolute atomic E-state index is 0. The topological polar surface area (TPSA) is 70.4 Å². The Morgan fingerprint density at radius 1 is 1.40 bits per heavy atom. The zero-order valence-electron chi connectivity index (χ0n) is 8.19. The minimum Gasteiger partial charge on any atom is -0.508 e. The molecule has 0 radical (unpaired) electrons. The smallest absolute Gasteiger partial charge is 0.356 e. The SMILES string of the molecule is CCOC(=O)C(=N)c1ccc(O)cc1.Cl. The molecule has 2 N–H and O–H groups in total. The lowest BCUT2D eigenvalue weighted by Gasteiger charge is -2.03. The minimum atomic E-state index is -0.654. The highest BCUT2D eigenvalue weighted by atomic mass is 35.5. The Labute approximate surface area is 93.8 Å². The molecule has 1 aromatic rings. The first-order valence-corrected chi connectivity index (χ1v) is 4.20. The van der Waals surface area contributed by atoms with Crippen molar-refractivity contribution in [3.63, 3.8) is 0 Å². The second-order valence-corrected chi connectivity index (χ2v) is 2.64. The molecule has 0 heterocycles. The molecule has 0 aromatic heterocycles. The number of phenols is 1. The number of carbonyl (C=O) groups is 1. The summed E-state index contributed by atoms with van der Waals surface area (Å²) in [5.74, 6) is -0.552. The summed E-state index contributed by atoms with van der Waals surface area (Å²) >= 11 is 0. The summed E-state index contributed by atoms with van der Waals surface area (Å²) in [6.07, 6.45) is 0. The molecule has 5 heteroatoms. The van der Waals surface area contributed by atoms with Crippen molar-refractivity contribution >= 4 is 24.1 Å². The van der Waals surface area contributed by atoms with E-state index in [4.69, 9.17) is 10.5 Å². The Balaban J connectivity index is 0.00000196. The van der Waals surface area contributed by atoms with Crippen LogP contribution in [0.3, 0.4) is 0 Å². The van der Waals surface area contributed by atoms with Crippen LogP contribution in [0.2, 0.25) is 0 Å². The van der Waals surface area contributed by atoms with Crippen LogP contribution in [-0.4, -0.2) is 23.4 Å². The lowest BCUT2D eigenvalue weighted by Crippen LogP contribution is -2.17. The molecule has 1 aromatic carbocycles. The van der Waals surface area contributed by atoms with Gasteiger partial charge in [-0.1, -0.05) is 0 Å². The lowest BCUT2D eigenvalue weighted by atomic mass is 10.1. The number of carbonyl (C=O) groups excluding carboxylic acids is 1. The number of ether oxygens (including phenoxy) is 1. The molecule has 0 aliphatic heterocycles. The van der Waals surface area contributed by atoms with E-state index in [-0.39, 0.29) is 30.5 Å². The van der Waals surface area contributed by atoms with Gasteiger partial charge in [-0.25, -0.2) is 4.79 Å². The predicted molar refractivity (Wildman–Crippen MR) is 58.8 cm³/mol. The first-order chi connectivity index (χ1) is 6.65. The van der Waals surface area contributed by atoms with Gasteiger partial charge in [0.25, 0.3) is 0 Å². The van der Waals surface area contributed by atoms with Gasteiger partial charge in [0.05, 0.1) is 6.61 Å². The van der Waals surface area contributed by atoms with Gasteiger partial charge in [-0.15, -0.1) is 12.4 Å². The summed E-state index contributed by atoms with van der Waals surface area (Å²) in [5.41, 5.74) is 0.230. The Hall–Kier alpha value is -1.55. The van der Waals surface area contributed by atoms with Gasteiger partial charge < -0.3 is 9.84 Å². The molecule has 0 aliphatic rings. The molecule has 0 amide bonds. The standard InChI is InChI=1S/C10H11NO3.ClH/c1-2-14-10(13)9(11)7-3-5-8(12)6-4-7;/h3-6,11-12H,2H2,1H3;1H. The summed E-state index contributed by atoms with van der Waals surface area (Å²) in [5, 5.41) is 16.4. The van der Waals surface area contributed by atoms with E-state index >= 15 is 0 Å². The van der Waals surface area contributed by atoms with Gasteiger partial charge in [0, 0.05) is 5.56 Å². The van der Waals surface area contributed by atoms with Gasteiger partial charge in [0.1, 0.15) is 11.5 Å². The molecule has 82 valence electrons. The maximum Gasteiger partial charge on any atom is 0.356 e. The van der Waals surface area contributed by atoms with Crippen LogP contribution in [0.1, 0.15) is 12.5 Å². The molecule has 0 fully saturated rings. The number of rotatable bonds is 3.